The molecule has 0 saturated carbocycles. The number of fused-ring (bicyclic) bond motifs is 1. The number of anilines is 1. The molecule has 0 N–H and O–H groups in total. The Morgan fingerprint density at radius 1 is 1.00 bits per heavy atom. The molecule has 0 spiro atoms. The molecule has 0 radical (unpaired) electrons. The van der Waals surface area contributed by atoms with Crippen molar-refractivity contribution in [1.82, 2.24) is 29.4 Å². The van der Waals surface area contributed by atoms with Crippen molar-refractivity contribution >= 4 is 22.5 Å². The topological polar surface area (TPSA) is 80.0 Å². The molecule has 4 aromatic heterocycles. The van der Waals surface area contributed by atoms with E-state index in [-0.39, 0.29) is 12.2 Å². The van der Waals surface area contributed by atoms with Crippen LogP contribution in [0.2, 0.25) is 0 Å². The largest absolute Gasteiger partial charge is 0.354 e. The first kappa shape index (κ1) is 22.2. The number of aryl methyl sites for hydroxylation is 1. The number of pyridine rings is 3. The summed E-state index contributed by atoms with van der Waals surface area (Å²) in [5.74, 6) is 0.901. The van der Waals surface area contributed by atoms with Gasteiger partial charge in [-0.1, -0.05) is 0 Å². The molecule has 0 aromatic carbocycles. The molecule has 0 unspecified atom stereocenters. The number of aromatic nitrogens is 5. The summed E-state index contributed by atoms with van der Waals surface area (Å²) in [5.41, 5.74) is 4.16. The van der Waals surface area contributed by atoms with Crippen molar-refractivity contribution in [2.24, 2.45) is 7.05 Å². The van der Waals surface area contributed by atoms with E-state index in [1.807, 2.05) is 36.1 Å². The van der Waals surface area contributed by atoms with Crippen molar-refractivity contribution in [3.63, 3.8) is 0 Å². The van der Waals surface area contributed by atoms with Crippen LogP contribution in [0.1, 0.15) is 29.9 Å². The number of carbonyl (C=O) groups excluding carboxylic acids is 1. The summed E-state index contributed by atoms with van der Waals surface area (Å²) >= 11 is 0. The second kappa shape index (κ2) is 9.30. The minimum atomic E-state index is 0.0343. The van der Waals surface area contributed by atoms with Gasteiger partial charge in [-0.2, -0.15) is 0 Å². The zero-order chi connectivity index (χ0) is 23.7. The standard InChI is InChI=1S/C26H29N7O/c1-18(2)32-6-8-33(9-7-32)26-12-19(4-5-28-26)25(34)13-22-11-20-10-21(14-30-23(20)15-29-22)24-16-27-17-31(24)3/h4-5,10-12,14-18H,6-9,13H2,1-3H3. The van der Waals surface area contributed by atoms with Crippen molar-refractivity contribution < 1.29 is 4.79 Å². The summed E-state index contributed by atoms with van der Waals surface area (Å²) in [6, 6.07) is 8.27. The lowest BCUT2D eigenvalue weighted by molar-refractivity contribution is 0.0992. The molecule has 174 valence electrons. The quantitative estimate of drug-likeness (QED) is 0.412. The Balaban J connectivity index is 1.32. The van der Waals surface area contributed by atoms with Gasteiger partial charge in [0.05, 0.1) is 36.4 Å². The molecule has 0 bridgehead atoms. The highest BCUT2D eigenvalue weighted by Crippen LogP contribution is 2.23. The highest BCUT2D eigenvalue weighted by molar-refractivity contribution is 5.98. The van der Waals surface area contributed by atoms with Gasteiger partial charge in [0.15, 0.2) is 5.78 Å². The Morgan fingerprint density at radius 3 is 2.56 bits per heavy atom. The fourth-order valence-corrected chi connectivity index (χ4v) is 4.45. The highest BCUT2D eigenvalue weighted by Gasteiger charge is 2.20. The molecular formula is C26H29N7O. The van der Waals surface area contributed by atoms with Gasteiger partial charge in [-0.15, -0.1) is 0 Å². The highest BCUT2D eigenvalue weighted by atomic mass is 16.1. The van der Waals surface area contributed by atoms with Crippen molar-refractivity contribution in [1.29, 1.82) is 0 Å². The molecule has 5 rings (SSSR count). The van der Waals surface area contributed by atoms with Crippen LogP contribution >= 0.6 is 0 Å². The lowest BCUT2D eigenvalue weighted by Crippen LogP contribution is -2.49. The third-order valence-electron chi connectivity index (χ3n) is 6.51. The second-order valence-corrected chi connectivity index (χ2v) is 9.10. The average Bonchev–Trinajstić information content (AvgIpc) is 3.29. The molecule has 8 heteroatoms. The molecule has 1 saturated heterocycles. The van der Waals surface area contributed by atoms with Crippen LogP contribution in [0.3, 0.4) is 0 Å². The maximum Gasteiger partial charge on any atom is 0.169 e. The Bertz CT molecular complexity index is 1320. The van der Waals surface area contributed by atoms with E-state index in [2.05, 4.69) is 49.6 Å². The minimum absolute atomic E-state index is 0.0343. The third-order valence-corrected chi connectivity index (χ3v) is 6.51. The van der Waals surface area contributed by atoms with Gasteiger partial charge < -0.3 is 9.47 Å². The smallest absolute Gasteiger partial charge is 0.169 e. The van der Waals surface area contributed by atoms with Crippen molar-refractivity contribution in [3.05, 3.63) is 66.6 Å². The molecular weight excluding hydrogens is 426 g/mol. The van der Waals surface area contributed by atoms with Gasteiger partial charge in [0.1, 0.15) is 5.82 Å². The predicted octanol–water partition coefficient (Wildman–Crippen LogP) is 3.38. The van der Waals surface area contributed by atoms with E-state index >= 15 is 0 Å². The molecule has 8 nitrogen and oxygen atoms in total. The van der Waals surface area contributed by atoms with Crippen LogP contribution in [0.25, 0.3) is 22.2 Å². The lowest BCUT2D eigenvalue weighted by Gasteiger charge is -2.37. The van der Waals surface area contributed by atoms with E-state index in [0.29, 0.717) is 11.6 Å². The van der Waals surface area contributed by atoms with Crippen LogP contribution in [0.5, 0.6) is 0 Å². The van der Waals surface area contributed by atoms with E-state index < -0.39 is 0 Å². The Labute approximate surface area is 199 Å². The molecule has 1 fully saturated rings. The Morgan fingerprint density at radius 2 is 1.82 bits per heavy atom. The van der Waals surface area contributed by atoms with Crippen LogP contribution in [-0.4, -0.2) is 67.4 Å². The van der Waals surface area contributed by atoms with Crippen molar-refractivity contribution in [3.8, 4) is 11.3 Å². The number of ketones is 1. The predicted molar refractivity (Wildman–Crippen MR) is 133 cm³/mol. The number of piperazine rings is 1. The maximum absolute atomic E-state index is 13.1. The third kappa shape index (κ3) is 4.54. The number of rotatable bonds is 6. The van der Waals surface area contributed by atoms with Crippen LogP contribution in [0.4, 0.5) is 5.82 Å². The summed E-state index contributed by atoms with van der Waals surface area (Å²) in [5, 5.41) is 0.954. The van der Waals surface area contributed by atoms with E-state index in [1.165, 1.54) is 0 Å². The van der Waals surface area contributed by atoms with Gasteiger partial charge in [-0.05, 0) is 38.1 Å². The maximum atomic E-state index is 13.1. The van der Waals surface area contributed by atoms with Crippen LogP contribution in [0.15, 0.2) is 55.4 Å². The molecule has 4 aromatic rings. The normalized spacial score (nSPS) is 14.8. The molecule has 1 aliphatic heterocycles. The minimum Gasteiger partial charge on any atom is -0.354 e. The van der Waals surface area contributed by atoms with Crippen LogP contribution in [-0.2, 0) is 13.5 Å². The van der Waals surface area contributed by atoms with Gasteiger partial charge >= 0.3 is 0 Å². The molecule has 0 atom stereocenters. The second-order valence-electron chi connectivity index (χ2n) is 9.10. The van der Waals surface area contributed by atoms with E-state index in [9.17, 15) is 4.79 Å². The first-order chi connectivity index (χ1) is 16.5. The average molecular weight is 456 g/mol. The van der Waals surface area contributed by atoms with Gasteiger partial charge in [-0.25, -0.2) is 9.97 Å². The molecule has 34 heavy (non-hydrogen) atoms. The molecule has 0 aliphatic carbocycles. The van der Waals surface area contributed by atoms with Crippen molar-refractivity contribution in [2.45, 2.75) is 26.3 Å². The van der Waals surface area contributed by atoms with E-state index in [1.54, 1.807) is 24.8 Å². The number of hydrogen-bond acceptors (Lipinski definition) is 7. The SMILES string of the molecule is CC(C)N1CCN(c2cc(C(=O)Cc3cc4cc(-c5cncn5C)cnc4cn3)ccn2)CC1. The summed E-state index contributed by atoms with van der Waals surface area (Å²) in [7, 11) is 1.95. The van der Waals surface area contributed by atoms with Gasteiger partial charge in [0.2, 0.25) is 0 Å². The zero-order valence-electron chi connectivity index (χ0n) is 19.8. The number of carbonyl (C=O) groups is 1. The van der Waals surface area contributed by atoms with Crippen LogP contribution in [0, 0.1) is 0 Å². The fraction of sp³-hybridized carbons (Fsp3) is 0.346. The monoisotopic (exact) mass is 455 g/mol. The summed E-state index contributed by atoms with van der Waals surface area (Å²) < 4.78 is 1.96. The summed E-state index contributed by atoms with van der Waals surface area (Å²) in [6.07, 6.45) is 9.11. The lowest BCUT2D eigenvalue weighted by atomic mass is 10.1. The first-order valence-corrected chi connectivity index (χ1v) is 11.7. The van der Waals surface area contributed by atoms with Crippen molar-refractivity contribution in [2.75, 3.05) is 31.1 Å². The molecule has 0 amide bonds. The number of imidazole rings is 1. The number of Topliss-reactive ketones (excluding diaryl/α,β-unsaturated/α-hetero) is 1. The zero-order valence-corrected chi connectivity index (χ0v) is 19.8. The number of nitrogens with zero attached hydrogens (tertiary/aromatic N) is 7. The van der Waals surface area contributed by atoms with Gasteiger partial charge in [0.25, 0.3) is 0 Å². The Hall–Kier alpha value is -3.65. The fourth-order valence-electron chi connectivity index (χ4n) is 4.45. The Kier molecular flexibility index (Phi) is 6.06. The molecule has 5 heterocycles. The van der Waals surface area contributed by atoms with Gasteiger partial charge in [-0.3, -0.25) is 19.7 Å². The van der Waals surface area contributed by atoms with Crippen LogP contribution < -0.4 is 4.90 Å². The summed E-state index contributed by atoms with van der Waals surface area (Å²) in [4.78, 5) is 35.6. The molecule has 1 aliphatic rings. The first-order valence-electron chi connectivity index (χ1n) is 11.7. The van der Waals surface area contributed by atoms with Gasteiger partial charge in [0, 0.05) is 73.9 Å². The van der Waals surface area contributed by atoms with E-state index in [4.69, 9.17) is 0 Å². The van der Waals surface area contributed by atoms with E-state index in [0.717, 1.165) is 59.9 Å². The number of hydrogen-bond donors (Lipinski definition) is 0. The summed E-state index contributed by atoms with van der Waals surface area (Å²) in [6.45, 7) is 8.30.